The van der Waals surface area contributed by atoms with Crippen LogP contribution in [0.3, 0.4) is 0 Å². The molecular weight excluding hydrogens is 238 g/mol. The Morgan fingerprint density at radius 2 is 1.68 bits per heavy atom. The molecule has 2 atom stereocenters. The van der Waals surface area contributed by atoms with Crippen molar-refractivity contribution in [3.05, 3.63) is 30.1 Å². The Morgan fingerprint density at radius 1 is 1.05 bits per heavy atom. The fraction of sp³-hybridized carbons (Fsp3) is 0.600. The van der Waals surface area contributed by atoms with Gasteiger partial charge in [-0.3, -0.25) is 14.7 Å². The summed E-state index contributed by atoms with van der Waals surface area (Å²) in [6.07, 6.45) is 6.16. The molecule has 0 N–H and O–H groups in total. The average molecular weight is 257 g/mol. The van der Waals surface area contributed by atoms with Crippen molar-refractivity contribution in [2.75, 3.05) is 26.2 Å². The molecule has 2 aliphatic heterocycles. The van der Waals surface area contributed by atoms with E-state index in [-0.39, 0.29) is 5.91 Å². The average Bonchev–Trinajstić information content (AvgIpc) is 3.10. The Morgan fingerprint density at radius 3 is 2.26 bits per heavy atom. The summed E-state index contributed by atoms with van der Waals surface area (Å²) in [5.41, 5.74) is 0.772. The van der Waals surface area contributed by atoms with E-state index in [0.717, 1.165) is 24.7 Å². The number of hydrogen-bond acceptors (Lipinski definition) is 3. The van der Waals surface area contributed by atoms with E-state index in [1.165, 1.54) is 25.9 Å². The summed E-state index contributed by atoms with van der Waals surface area (Å²) in [7, 11) is 0. The van der Waals surface area contributed by atoms with E-state index in [1.54, 1.807) is 12.4 Å². The predicted molar refractivity (Wildman–Crippen MR) is 71.7 cm³/mol. The Labute approximate surface area is 113 Å². The number of carbonyl (C=O) groups excluding carboxylic acids is 1. The van der Waals surface area contributed by atoms with Crippen LogP contribution in [-0.4, -0.2) is 52.9 Å². The standard InChI is InChI=1S/C15H19N3O/c19-15(11-3-5-16-6-4-11)18-9-12-7-17(14-1-2-14)8-13(12)10-18/h3-6,12-14H,1-2,7-10H2. The van der Waals surface area contributed by atoms with Gasteiger partial charge in [0.15, 0.2) is 0 Å². The van der Waals surface area contributed by atoms with Gasteiger partial charge in [0.2, 0.25) is 0 Å². The molecule has 4 heteroatoms. The maximum Gasteiger partial charge on any atom is 0.253 e. The van der Waals surface area contributed by atoms with Gasteiger partial charge in [-0.1, -0.05) is 0 Å². The molecule has 0 aromatic carbocycles. The first-order chi connectivity index (χ1) is 9.31. The number of rotatable bonds is 2. The second-order valence-electron chi connectivity index (χ2n) is 6.15. The lowest BCUT2D eigenvalue weighted by atomic mass is 10.0. The molecule has 1 aromatic heterocycles. The predicted octanol–water partition coefficient (Wildman–Crippen LogP) is 1.25. The fourth-order valence-electron chi connectivity index (χ4n) is 3.61. The topological polar surface area (TPSA) is 36.4 Å². The van der Waals surface area contributed by atoms with Crippen molar-refractivity contribution in [1.82, 2.24) is 14.8 Å². The van der Waals surface area contributed by atoms with Gasteiger partial charge in [-0.2, -0.15) is 0 Å². The Bertz CT molecular complexity index is 471. The van der Waals surface area contributed by atoms with Crippen LogP contribution in [0.25, 0.3) is 0 Å². The maximum atomic E-state index is 12.4. The van der Waals surface area contributed by atoms with Crippen molar-refractivity contribution in [1.29, 1.82) is 0 Å². The summed E-state index contributed by atoms with van der Waals surface area (Å²) in [5.74, 6) is 1.58. The summed E-state index contributed by atoms with van der Waals surface area (Å²) in [6, 6.07) is 4.50. The minimum absolute atomic E-state index is 0.176. The molecule has 3 fully saturated rings. The molecule has 1 aromatic rings. The van der Waals surface area contributed by atoms with Crippen molar-refractivity contribution in [2.24, 2.45) is 11.8 Å². The summed E-state index contributed by atoms with van der Waals surface area (Å²) < 4.78 is 0. The summed E-state index contributed by atoms with van der Waals surface area (Å²) in [5, 5.41) is 0. The largest absolute Gasteiger partial charge is 0.338 e. The van der Waals surface area contributed by atoms with Crippen molar-refractivity contribution >= 4 is 5.91 Å². The number of fused-ring (bicyclic) bond motifs is 1. The van der Waals surface area contributed by atoms with E-state index in [0.29, 0.717) is 11.8 Å². The van der Waals surface area contributed by atoms with Crippen LogP contribution in [0.5, 0.6) is 0 Å². The number of carbonyl (C=O) groups is 1. The molecule has 100 valence electrons. The van der Waals surface area contributed by atoms with Gasteiger partial charge < -0.3 is 4.90 Å². The molecule has 0 radical (unpaired) electrons. The summed E-state index contributed by atoms with van der Waals surface area (Å²) in [4.78, 5) is 21.0. The van der Waals surface area contributed by atoms with Crippen molar-refractivity contribution in [2.45, 2.75) is 18.9 Å². The molecule has 0 spiro atoms. The zero-order valence-electron chi connectivity index (χ0n) is 11.0. The first-order valence-corrected chi connectivity index (χ1v) is 7.24. The zero-order valence-corrected chi connectivity index (χ0v) is 11.0. The SMILES string of the molecule is O=C(c1ccncc1)N1CC2CN(C3CC3)CC2C1. The van der Waals surface area contributed by atoms with Crippen LogP contribution in [0, 0.1) is 11.8 Å². The van der Waals surface area contributed by atoms with Crippen LogP contribution in [-0.2, 0) is 0 Å². The van der Waals surface area contributed by atoms with E-state index in [2.05, 4.69) is 9.88 Å². The Hall–Kier alpha value is -1.42. The molecule has 1 amide bonds. The minimum atomic E-state index is 0.176. The fourth-order valence-corrected chi connectivity index (χ4v) is 3.61. The van der Waals surface area contributed by atoms with Crippen molar-refractivity contribution in [3.63, 3.8) is 0 Å². The number of hydrogen-bond donors (Lipinski definition) is 0. The number of likely N-dealkylation sites (tertiary alicyclic amines) is 2. The van der Waals surface area contributed by atoms with Gasteiger partial charge in [-0.15, -0.1) is 0 Å². The minimum Gasteiger partial charge on any atom is -0.338 e. The summed E-state index contributed by atoms with van der Waals surface area (Å²) in [6.45, 7) is 4.29. The first-order valence-electron chi connectivity index (χ1n) is 7.24. The smallest absolute Gasteiger partial charge is 0.253 e. The van der Waals surface area contributed by atoms with Crippen molar-refractivity contribution < 1.29 is 4.79 Å². The van der Waals surface area contributed by atoms with E-state index in [1.807, 2.05) is 17.0 Å². The number of amides is 1. The normalized spacial score (nSPS) is 30.6. The van der Waals surface area contributed by atoms with E-state index < -0.39 is 0 Å². The molecule has 3 aliphatic rings. The monoisotopic (exact) mass is 257 g/mol. The van der Waals surface area contributed by atoms with Gasteiger partial charge in [0.1, 0.15) is 0 Å². The molecule has 1 saturated carbocycles. The van der Waals surface area contributed by atoms with Crippen molar-refractivity contribution in [3.8, 4) is 0 Å². The lowest BCUT2D eigenvalue weighted by Gasteiger charge is -2.21. The maximum absolute atomic E-state index is 12.4. The highest BCUT2D eigenvalue weighted by molar-refractivity contribution is 5.94. The van der Waals surface area contributed by atoms with E-state index in [9.17, 15) is 4.79 Å². The molecule has 4 nitrogen and oxygen atoms in total. The highest BCUT2D eigenvalue weighted by Crippen LogP contribution is 2.38. The third-order valence-corrected chi connectivity index (χ3v) is 4.79. The zero-order chi connectivity index (χ0) is 12.8. The molecule has 3 heterocycles. The Kier molecular flexibility index (Phi) is 2.58. The van der Waals surface area contributed by atoms with Crippen LogP contribution in [0.2, 0.25) is 0 Å². The first kappa shape index (κ1) is 11.4. The van der Waals surface area contributed by atoms with Crippen LogP contribution in [0.15, 0.2) is 24.5 Å². The van der Waals surface area contributed by atoms with Gasteiger partial charge in [-0.25, -0.2) is 0 Å². The van der Waals surface area contributed by atoms with E-state index >= 15 is 0 Å². The molecule has 1 aliphatic carbocycles. The van der Waals surface area contributed by atoms with Gasteiger partial charge >= 0.3 is 0 Å². The van der Waals surface area contributed by atoms with E-state index in [4.69, 9.17) is 0 Å². The third-order valence-electron chi connectivity index (χ3n) is 4.79. The second-order valence-corrected chi connectivity index (χ2v) is 6.15. The highest BCUT2D eigenvalue weighted by atomic mass is 16.2. The Balaban J connectivity index is 1.42. The number of nitrogens with zero attached hydrogens (tertiary/aromatic N) is 3. The number of aromatic nitrogens is 1. The molecule has 0 bridgehead atoms. The third kappa shape index (κ3) is 2.04. The van der Waals surface area contributed by atoms with Gasteiger partial charge in [0, 0.05) is 50.2 Å². The molecular formula is C15H19N3O. The quantitative estimate of drug-likeness (QED) is 0.800. The van der Waals surface area contributed by atoms with Crippen LogP contribution >= 0.6 is 0 Å². The second kappa shape index (κ2) is 4.30. The number of pyridine rings is 1. The van der Waals surface area contributed by atoms with Gasteiger partial charge in [0.05, 0.1) is 0 Å². The molecule has 4 rings (SSSR count). The molecule has 19 heavy (non-hydrogen) atoms. The highest BCUT2D eigenvalue weighted by Gasteiger charge is 2.45. The summed E-state index contributed by atoms with van der Waals surface area (Å²) >= 11 is 0. The van der Waals surface area contributed by atoms with Gasteiger partial charge in [-0.05, 0) is 36.8 Å². The lowest BCUT2D eigenvalue weighted by Crippen LogP contribution is -2.33. The molecule has 2 saturated heterocycles. The van der Waals surface area contributed by atoms with Crippen LogP contribution < -0.4 is 0 Å². The van der Waals surface area contributed by atoms with Crippen LogP contribution in [0.4, 0.5) is 0 Å². The van der Waals surface area contributed by atoms with Crippen LogP contribution in [0.1, 0.15) is 23.2 Å². The molecule has 2 unspecified atom stereocenters. The lowest BCUT2D eigenvalue weighted by molar-refractivity contribution is 0.0773. The van der Waals surface area contributed by atoms with Gasteiger partial charge in [0.25, 0.3) is 5.91 Å².